The quantitative estimate of drug-likeness (QED) is 0.685. The minimum atomic E-state index is -0.194. The van der Waals surface area contributed by atoms with Crippen LogP contribution < -0.4 is 5.32 Å². The molecular weight excluding hydrogens is 386 g/mol. The third-order valence-electron chi connectivity index (χ3n) is 4.96. The summed E-state index contributed by atoms with van der Waals surface area (Å²) < 4.78 is 7.00. The number of amides is 1. The Hall–Kier alpha value is -2.58. The zero-order chi connectivity index (χ0) is 20.5. The molecule has 0 spiro atoms. The van der Waals surface area contributed by atoms with Gasteiger partial charge in [0.2, 0.25) is 0 Å². The molecule has 0 fully saturated rings. The first kappa shape index (κ1) is 19.7. The van der Waals surface area contributed by atoms with Crippen molar-refractivity contribution in [3.63, 3.8) is 0 Å². The van der Waals surface area contributed by atoms with Gasteiger partial charge in [-0.2, -0.15) is 5.10 Å². The van der Waals surface area contributed by atoms with Gasteiger partial charge in [0, 0.05) is 36.2 Å². The lowest BCUT2D eigenvalue weighted by Crippen LogP contribution is -2.16. The second kappa shape index (κ2) is 8.04. The maximum absolute atomic E-state index is 11.9. The molecule has 3 aromatic heterocycles. The van der Waals surface area contributed by atoms with Gasteiger partial charge in [0.05, 0.1) is 22.0 Å². The van der Waals surface area contributed by atoms with Crippen molar-refractivity contribution in [3.05, 3.63) is 35.3 Å². The van der Waals surface area contributed by atoms with E-state index in [1.54, 1.807) is 0 Å². The Balaban J connectivity index is 1.83. The number of methoxy groups -OCH3 is 1. The Bertz CT molecular complexity index is 1040. The molecule has 29 heavy (non-hydrogen) atoms. The monoisotopic (exact) mass is 411 g/mol. The van der Waals surface area contributed by atoms with E-state index in [4.69, 9.17) is 14.8 Å². The van der Waals surface area contributed by atoms with E-state index >= 15 is 0 Å². The first-order valence-electron chi connectivity index (χ1n) is 9.81. The van der Waals surface area contributed by atoms with Crippen molar-refractivity contribution in [1.29, 1.82) is 0 Å². The predicted molar refractivity (Wildman–Crippen MR) is 114 cm³/mol. The van der Waals surface area contributed by atoms with E-state index in [-0.39, 0.29) is 18.6 Å². The summed E-state index contributed by atoms with van der Waals surface area (Å²) in [5, 5.41) is 8.44. The van der Waals surface area contributed by atoms with Crippen molar-refractivity contribution in [2.45, 2.75) is 46.1 Å². The van der Waals surface area contributed by atoms with Gasteiger partial charge < -0.3 is 4.74 Å². The fourth-order valence-electron chi connectivity index (χ4n) is 3.64. The lowest BCUT2D eigenvalue weighted by Gasteiger charge is -2.10. The van der Waals surface area contributed by atoms with Crippen LogP contribution in [0.2, 0.25) is 0 Å². The molecule has 7 nitrogen and oxygen atoms in total. The van der Waals surface area contributed by atoms with Gasteiger partial charge in [-0.15, -0.1) is 0 Å². The van der Waals surface area contributed by atoms with Crippen LogP contribution in [0, 0.1) is 6.92 Å². The summed E-state index contributed by atoms with van der Waals surface area (Å²) >= 11 is 1.51. The molecule has 0 saturated heterocycles. The fraction of sp³-hybridized carbons (Fsp3) is 0.429. The van der Waals surface area contributed by atoms with Crippen LogP contribution in [0.4, 0.5) is 5.13 Å². The average Bonchev–Trinajstić information content (AvgIpc) is 3.19. The SMILES string of the molecule is COCC(=O)Nc1nc2c(s1)-c1c(c(-c3ccc(C)nc3)nn1C(C)C)CCC2. The number of aromatic nitrogens is 4. The van der Waals surface area contributed by atoms with Crippen LogP contribution in [0.5, 0.6) is 0 Å². The molecule has 3 aromatic rings. The molecule has 1 aliphatic carbocycles. The maximum atomic E-state index is 11.9. The molecule has 3 heterocycles. The van der Waals surface area contributed by atoms with E-state index in [0.717, 1.165) is 52.5 Å². The number of aryl methyl sites for hydroxylation is 2. The Kier molecular flexibility index (Phi) is 5.47. The van der Waals surface area contributed by atoms with Crippen LogP contribution in [0.15, 0.2) is 18.3 Å². The van der Waals surface area contributed by atoms with E-state index in [2.05, 4.69) is 34.9 Å². The van der Waals surface area contributed by atoms with Crippen LogP contribution in [0.1, 0.15) is 43.3 Å². The lowest BCUT2D eigenvalue weighted by atomic mass is 10.0. The zero-order valence-corrected chi connectivity index (χ0v) is 18.0. The minimum absolute atomic E-state index is 0.0179. The fourth-order valence-corrected chi connectivity index (χ4v) is 4.73. The molecule has 1 amide bonds. The van der Waals surface area contributed by atoms with Crippen molar-refractivity contribution in [1.82, 2.24) is 19.7 Å². The van der Waals surface area contributed by atoms with Crippen molar-refractivity contribution in [3.8, 4) is 21.8 Å². The highest BCUT2D eigenvalue weighted by Crippen LogP contribution is 2.43. The van der Waals surface area contributed by atoms with Crippen molar-refractivity contribution >= 4 is 22.4 Å². The summed E-state index contributed by atoms with van der Waals surface area (Å²) in [6, 6.07) is 4.31. The number of nitrogens with one attached hydrogen (secondary N) is 1. The Morgan fingerprint density at radius 3 is 2.86 bits per heavy atom. The molecule has 0 aliphatic heterocycles. The van der Waals surface area contributed by atoms with Gasteiger partial charge in [-0.1, -0.05) is 11.3 Å². The van der Waals surface area contributed by atoms with E-state index < -0.39 is 0 Å². The maximum Gasteiger partial charge on any atom is 0.252 e. The molecule has 1 aliphatic rings. The molecule has 8 heteroatoms. The van der Waals surface area contributed by atoms with Crippen LogP contribution in [0.3, 0.4) is 0 Å². The molecule has 152 valence electrons. The number of anilines is 1. The second-order valence-electron chi connectivity index (χ2n) is 7.53. The Labute approximate surface area is 174 Å². The summed E-state index contributed by atoms with van der Waals surface area (Å²) in [6.07, 6.45) is 4.72. The van der Waals surface area contributed by atoms with Crippen molar-refractivity contribution in [2.75, 3.05) is 19.0 Å². The largest absolute Gasteiger partial charge is 0.375 e. The molecular formula is C21H25N5O2S. The lowest BCUT2D eigenvalue weighted by molar-refractivity contribution is -0.119. The van der Waals surface area contributed by atoms with Crippen LogP contribution in [-0.4, -0.2) is 39.4 Å². The van der Waals surface area contributed by atoms with Gasteiger partial charge in [-0.3, -0.25) is 19.8 Å². The normalized spacial score (nSPS) is 13.1. The highest BCUT2D eigenvalue weighted by atomic mass is 32.1. The number of ether oxygens (including phenoxy) is 1. The first-order valence-corrected chi connectivity index (χ1v) is 10.6. The summed E-state index contributed by atoms with van der Waals surface area (Å²) in [5.74, 6) is -0.194. The molecule has 4 rings (SSSR count). The number of hydrogen-bond donors (Lipinski definition) is 1. The number of carbonyl (C=O) groups excluding carboxylic acids is 1. The molecule has 0 atom stereocenters. The van der Waals surface area contributed by atoms with Gasteiger partial charge in [-0.25, -0.2) is 4.98 Å². The van der Waals surface area contributed by atoms with Crippen molar-refractivity contribution < 1.29 is 9.53 Å². The van der Waals surface area contributed by atoms with Gasteiger partial charge >= 0.3 is 0 Å². The third-order valence-corrected chi connectivity index (χ3v) is 5.98. The second-order valence-corrected chi connectivity index (χ2v) is 8.53. The van der Waals surface area contributed by atoms with Gasteiger partial charge in [0.15, 0.2) is 5.13 Å². The minimum Gasteiger partial charge on any atom is -0.375 e. The predicted octanol–water partition coefficient (Wildman–Crippen LogP) is 4.03. The van der Waals surface area contributed by atoms with E-state index in [0.29, 0.717) is 5.13 Å². The number of nitrogens with zero attached hydrogens (tertiary/aromatic N) is 4. The number of thiazole rings is 1. The Morgan fingerprint density at radius 1 is 1.34 bits per heavy atom. The summed E-state index contributed by atoms with van der Waals surface area (Å²) in [7, 11) is 1.51. The summed E-state index contributed by atoms with van der Waals surface area (Å²) in [5.41, 5.74) is 6.40. The van der Waals surface area contributed by atoms with E-state index in [1.807, 2.05) is 19.2 Å². The molecule has 0 unspecified atom stereocenters. The van der Waals surface area contributed by atoms with Gasteiger partial charge in [0.1, 0.15) is 6.61 Å². The molecule has 1 N–H and O–H groups in total. The number of rotatable bonds is 5. The number of pyridine rings is 1. The smallest absolute Gasteiger partial charge is 0.252 e. The average molecular weight is 412 g/mol. The Morgan fingerprint density at radius 2 is 2.17 bits per heavy atom. The van der Waals surface area contributed by atoms with Crippen LogP contribution >= 0.6 is 11.3 Å². The van der Waals surface area contributed by atoms with E-state index in [9.17, 15) is 4.79 Å². The molecule has 0 saturated carbocycles. The molecule has 0 bridgehead atoms. The summed E-state index contributed by atoms with van der Waals surface area (Å²) in [6.45, 7) is 6.28. The zero-order valence-electron chi connectivity index (χ0n) is 17.2. The highest BCUT2D eigenvalue weighted by Gasteiger charge is 2.28. The van der Waals surface area contributed by atoms with Crippen LogP contribution in [0.25, 0.3) is 21.8 Å². The van der Waals surface area contributed by atoms with Gasteiger partial charge in [-0.05, 0) is 52.2 Å². The third kappa shape index (κ3) is 3.82. The number of carbonyl (C=O) groups is 1. The summed E-state index contributed by atoms with van der Waals surface area (Å²) in [4.78, 5) is 22.2. The topological polar surface area (TPSA) is 81.9 Å². The molecule has 0 aromatic carbocycles. The van der Waals surface area contributed by atoms with Crippen molar-refractivity contribution in [2.24, 2.45) is 0 Å². The van der Waals surface area contributed by atoms with Crippen LogP contribution in [-0.2, 0) is 22.4 Å². The highest BCUT2D eigenvalue weighted by molar-refractivity contribution is 7.19. The number of hydrogen-bond acceptors (Lipinski definition) is 6. The van der Waals surface area contributed by atoms with Gasteiger partial charge in [0.25, 0.3) is 5.91 Å². The standard InChI is InChI=1S/C21H25N5O2S/c1-12(2)26-19-15(18(25-26)14-9-8-13(3)22-10-14)6-5-7-16-20(19)29-21(23-16)24-17(27)11-28-4/h8-10,12H,5-7,11H2,1-4H3,(H,23,24,27). The first-order chi connectivity index (χ1) is 14.0. The molecule has 0 radical (unpaired) electrons. The number of fused-ring (bicyclic) bond motifs is 3. The van der Waals surface area contributed by atoms with E-state index in [1.165, 1.54) is 24.0 Å².